The Hall–Kier alpha value is -0.960. The number of unbranched alkanes of at least 4 members (excludes halogenated alkanes) is 2. The lowest BCUT2D eigenvalue weighted by Gasteiger charge is -2.40. The number of dihydropyridines is 1. The van der Waals surface area contributed by atoms with Gasteiger partial charge in [-0.3, -0.25) is 0 Å². The zero-order valence-corrected chi connectivity index (χ0v) is 11.5. The SMILES string of the molecule is CCCCCC1=CC=C(N)C(N)(C2CCCC2)N1. The van der Waals surface area contributed by atoms with Gasteiger partial charge in [0.2, 0.25) is 0 Å². The van der Waals surface area contributed by atoms with Gasteiger partial charge in [0.05, 0.1) is 0 Å². The Morgan fingerprint density at radius 1 is 1.28 bits per heavy atom. The Bertz CT molecular complexity index is 340. The van der Waals surface area contributed by atoms with Gasteiger partial charge in [-0.25, -0.2) is 0 Å². The van der Waals surface area contributed by atoms with Crippen molar-refractivity contribution < 1.29 is 0 Å². The molecule has 0 bridgehead atoms. The molecular formula is C15H27N3. The van der Waals surface area contributed by atoms with Crippen molar-refractivity contribution >= 4 is 0 Å². The average Bonchev–Trinajstić information content (AvgIpc) is 2.88. The summed E-state index contributed by atoms with van der Waals surface area (Å²) < 4.78 is 0. The van der Waals surface area contributed by atoms with E-state index < -0.39 is 5.66 Å². The third-order valence-corrected chi connectivity index (χ3v) is 4.36. The molecule has 0 aromatic rings. The standard InChI is InChI=1S/C15H27N3/c1-2-3-4-9-13-10-11-14(16)15(17,18-13)12-7-5-6-8-12/h10-12,18H,2-9,16-17H2,1H3. The van der Waals surface area contributed by atoms with E-state index in [1.54, 1.807) is 0 Å². The molecule has 1 fully saturated rings. The largest absolute Gasteiger partial charge is 0.399 e. The highest BCUT2D eigenvalue weighted by Crippen LogP contribution is 2.36. The van der Waals surface area contributed by atoms with Gasteiger partial charge in [0.15, 0.2) is 0 Å². The lowest BCUT2D eigenvalue weighted by molar-refractivity contribution is 0.271. The van der Waals surface area contributed by atoms with Crippen LogP contribution in [0.15, 0.2) is 23.5 Å². The second-order valence-corrected chi connectivity index (χ2v) is 5.75. The van der Waals surface area contributed by atoms with E-state index in [2.05, 4.69) is 18.3 Å². The summed E-state index contributed by atoms with van der Waals surface area (Å²) in [5, 5.41) is 3.53. The third kappa shape index (κ3) is 2.72. The first-order chi connectivity index (χ1) is 8.66. The second-order valence-electron chi connectivity index (χ2n) is 5.75. The number of rotatable bonds is 5. The molecule has 1 aliphatic carbocycles. The summed E-state index contributed by atoms with van der Waals surface area (Å²) in [6.07, 6.45) is 13.9. The second kappa shape index (κ2) is 5.79. The molecule has 0 aromatic heterocycles. The van der Waals surface area contributed by atoms with Gasteiger partial charge in [0.25, 0.3) is 0 Å². The fourth-order valence-corrected chi connectivity index (χ4v) is 3.14. The monoisotopic (exact) mass is 249 g/mol. The van der Waals surface area contributed by atoms with Crippen molar-refractivity contribution in [1.29, 1.82) is 0 Å². The van der Waals surface area contributed by atoms with Gasteiger partial charge in [0, 0.05) is 17.3 Å². The van der Waals surface area contributed by atoms with Crippen molar-refractivity contribution in [3.8, 4) is 0 Å². The molecule has 5 N–H and O–H groups in total. The van der Waals surface area contributed by atoms with Gasteiger partial charge in [-0.1, -0.05) is 32.6 Å². The van der Waals surface area contributed by atoms with Crippen LogP contribution in [0.25, 0.3) is 0 Å². The molecule has 1 aliphatic heterocycles. The molecule has 1 heterocycles. The molecule has 1 saturated carbocycles. The molecule has 0 aromatic carbocycles. The van der Waals surface area contributed by atoms with E-state index in [1.165, 1.54) is 50.6 Å². The number of allylic oxidation sites excluding steroid dienone is 3. The van der Waals surface area contributed by atoms with Crippen LogP contribution in [0.1, 0.15) is 58.3 Å². The van der Waals surface area contributed by atoms with Crippen LogP contribution >= 0.6 is 0 Å². The normalized spacial score (nSPS) is 28.8. The van der Waals surface area contributed by atoms with Gasteiger partial charge in [0.1, 0.15) is 5.66 Å². The molecule has 3 nitrogen and oxygen atoms in total. The molecule has 1 unspecified atom stereocenters. The smallest absolute Gasteiger partial charge is 0.129 e. The fourth-order valence-electron chi connectivity index (χ4n) is 3.14. The van der Waals surface area contributed by atoms with E-state index in [1.807, 2.05) is 6.08 Å². The van der Waals surface area contributed by atoms with Crippen LogP contribution in [-0.2, 0) is 0 Å². The predicted molar refractivity (Wildman–Crippen MR) is 76.5 cm³/mol. The number of hydrogen-bond donors (Lipinski definition) is 3. The fraction of sp³-hybridized carbons (Fsp3) is 0.733. The summed E-state index contributed by atoms with van der Waals surface area (Å²) >= 11 is 0. The molecule has 0 radical (unpaired) electrons. The van der Waals surface area contributed by atoms with E-state index >= 15 is 0 Å². The van der Waals surface area contributed by atoms with Crippen molar-refractivity contribution in [3.63, 3.8) is 0 Å². The van der Waals surface area contributed by atoms with Gasteiger partial charge in [-0.2, -0.15) is 0 Å². The molecular weight excluding hydrogens is 222 g/mol. The molecule has 18 heavy (non-hydrogen) atoms. The number of nitrogens with one attached hydrogen (secondary N) is 1. The first kappa shape index (κ1) is 13.5. The number of nitrogens with two attached hydrogens (primary N) is 2. The Labute approximate surface area is 111 Å². The maximum absolute atomic E-state index is 6.56. The minimum Gasteiger partial charge on any atom is -0.399 e. The highest BCUT2D eigenvalue weighted by atomic mass is 15.2. The van der Waals surface area contributed by atoms with Crippen LogP contribution < -0.4 is 16.8 Å². The van der Waals surface area contributed by atoms with Crippen molar-refractivity contribution in [2.24, 2.45) is 17.4 Å². The minimum atomic E-state index is -0.493. The van der Waals surface area contributed by atoms with Crippen molar-refractivity contribution in [1.82, 2.24) is 5.32 Å². The molecule has 102 valence electrons. The van der Waals surface area contributed by atoms with Gasteiger partial charge in [-0.05, 0) is 37.8 Å². The summed E-state index contributed by atoms with van der Waals surface area (Å²) in [6.45, 7) is 2.23. The van der Waals surface area contributed by atoms with Gasteiger partial charge < -0.3 is 16.8 Å². The Balaban J connectivity index is 2.01. The molecule has 0 amide bonds. The van der Waals surface area contributed by atoms with Crippen LogP contribution in [0.4, 0.5) is 0 Å². The van der Waals surface area contributed by atoms with E-state index in [0.29, 0.717) is 5.92 Å². The molecule has 2 aliphatic rings. The van der Waals surface area contributed by atoms with Gasteiger partial charge >= 0.3 is 0 Å². The van der Waals surface area contributed by atoms with E-state index in [4.69, 9.17) is 11.5 Å². The van der Waals surface area contributed by atoms with Crippen molar-refractivity contribution in [3.05, 3.63) is 23.5 Å². The predicted octanol–water partition coefficient (Wildman–Crippen LogP) is 2.74. The van der Waals surface area contributed by atoms with Crippen LogP contribution in [0.5, 0.6) is 0 Å². The summed E-state index contributed by atoms with van der Waals surface area (Å²) in [6, 6.07) is 0. The van der Waals surface area contributed by atoms with E-state index in [0.717, 1.165) is 12.1 Å². The summed E-state index contributed by atoms with van der Waals surface area (Å²) in [7, 11) is 0. The van der Waals surface area contributed by atoms with E-state index in [-0.39, 0.29) is 0 Å². The zero-order chi connectivity index (χ0) is 13.0. The first-order valence-electron chi connectivity index (χ1n) is 7.40. The quantitative estimate of drug-likeness (QED) is 0.656. The molecule has 1 atom stereocenters. The zero-order valence-electron chi connectivity index (χ0n) is 11.5. The van der Waals surface area contributed by atoms with E-state index in [9.17, 15) is 0 Å². The summed E-state index contributed by atoms with van der Waals surface area (Å²) in [5.74, 6) is 0.489. The summed E-state index contributed by atoms with van der Waals surface area (Å²) in [4.78, 5) is 0. The van der Waals surface area contributed by atoms with Crippen LogP contribution in [0.2, 0.25) is 0 Å². The Kier molecular flexibility index (Phi) is 4.33. The number of hydrogen-bond acceptors (Lipinski definition) is 3. The van der Waals surface area contributed by atoms with Crippen LogP contribution in [-0.4, -0.2) is 5.66 Å². The molecule has 0 saturated heterocycles. The lowest BCUT2D eigenvalue weighted by atomic mass is 9.86. The minimum absolute atomic E-state index is 0.489. The van der Waals surface area contributed by atoms with Crippen LogP contribution in [0, 0.1) is 5.92 Å². The maximum atomic E-state index is 6.56. The molecule has 0 spiro atoms. The Morgan fingerprint density at radius 2 is 2.00 bits per heavy atom. The molecule has 2 rings (SSSR count). The highest BCUT2D eigenvalue weighted by molar-refractivity contribution is 5.31. The summed E-state index contributed by atoms with van der Waals surface area (Å²) in [5.41, 5.74) is 14.3. The first-order valence-corrected chi connectivity index (χ1v) is 7.40. The average molecular weight is 249 g/mol. The Morgan fingerprint density at radius 3 is 2.67 bits per heavy atom. The molecule has 3 heteroatoms. The van der Waals surface area contributed by atoms with Gasteiger partial charge in [-0.15, -0.1) is 0 Å². The highest BCUT2D eigenvalue weighted by Gasteiger charge is 2.40. The maximum Gasteiger partial charge on any atom is 0.129 e. The lowest BCUT2D eigenvalue weighted by Crippen LogP contribution is -2.62. The topological polar surface area (TPSA) is 64.1 Å². The third-order valence-electron chi connectivity index (χ3n) is 4.36. The van der Waals surface area contributed by atoms with Crippen molar-refractivity contribution in [2.45, 2.75) is 64.0 Å². The van der Waals surface area contributed by atoms with Crippen LogP contribution in [0.3, 0.4) is 0 Å². The van der Waals surface area contributed by atoms with Crippen molar-refractivity contribution in [2.75, 3.05) is 0 Å².